The first-order valence-electron chi connectivity index (χ1n) is 8.59. The molecule has 1 aliphatic heterocycles. The van der Waals surface area contributed by atoms with E-state index in [9.17, 15) is 9.59 Å². The number of carbonyl (C=O) groups excluding carboxylic acids is 2. The minimum absolute atomic E-state index is 0.0257. The second-order valence-electron chi connectivity index (χ2n) is 7.21. The second-order valence-corrected chi connectivity index (χ2v) is 7.21. The molecule has 3 unspecified atom stereocenters. The highest BCUT2D eigenvalue weighted by molar-refractivity contribution is 5.90. The van der Waals surface area contributed by atoms with Crippen molar-refractivity contribution >= 4 is 11.8 Å². The third kappa shape index (κ3) is 4.21. The van der Waals surface area contributed by atoms with Gasteiger partial charge in [-0.1, -0.05) is 40.0 Å². The molecule has 1 heterocycles. The number of nitrogens with zero attached hydrogens (tertiary/aromatic N) is 1. The van der Waals surface area contributed by atoms with Crippen molar-refractivity contribution in [2.75, 3.05) is 6.54 Å². The predicted octanol–water partition coefficient (Wildman–Crippen LogP) is 2.72. The number of hydrogen-bond acceptors (Lipinski definition) is 2. The summed E-state index contributed by atoms with van der Waals surface area (Å²) in [5.41, 5.74) is 0. The van der Waals surface area contributed by atoms with Gasteiger partial charge in [0.1, 0.15) is 6.04 Å². The van der Waals surface area contributed by atoms with Crippen molar-refractivity contribution in [2.24, 2.45) is 11.8 Å². The Kier molecular flexibility index (Phi) is 5.65. The minimum Gasteiger partial charge on any atom is -0.344 e. The van der Waals surface area contributed by atoms with Crippen LogP contribution in [0.15, 0.2) is 0 Å². The van der Waals surface area contributed by atoms with Gasteiger partial charge in [-0.3, -0.25) is 9.59 Å². The lowest BCUT2D eigenvalue weighted by atomic mass is 9.94. The zero-order valence-corrected chi connectivity index (χ0v) is 13.7. The number of amides is 2. The van der Waals surface area contributed by atoms with E-state index in [1.54, 1.807) is 0 Å². The van der Waals surface area contributed by atoms with Gasteiger partial charge in [-0.15, -0.1) is 0 Å². The molecule has 1 N–H and O–H groups in total. The highest BCUT2D eigenvalue weighted by Crippen LogP contribution is 2.28. The third-order valence-electron chi connectivity index (χ3n) is 4.92. The lowest BCUT2D eigenvalue weighted by Crippen LogP contribution is -2.50. The summed E-state index contributed by atoms with van der Waals surface area (Å²) in [7, 11) is 0. The standard InChI is InChI=1S/C17H30N2O2/c1-12(2)11-14-17(21)19(10-9-16(20)18-14)15-8-6-4-5-7-13(15)3/h12-15H,4-11H2,1-3H3,(H,18,20). The molecular weight excluding hydrogens is 264 g/mol. The number of carbonyl (C=O) groups is 2. The maximum atomic E-state index is 12.9. The molecule has 4 heteroatoms. The van der Waals surface area contributed by atoms with E-state index in [2.05, 4.69) is 26.1 Å². The molecule has 1 aliphatic carbocycles. The van der Waals surface area contributed by atoms with Crippen molar-refractivity contribution in [2.45, 2.75) is 77.8 Å². The van der Waals surface area contributed by atoms with Crippen LogP contribution in [0.25, 0.3) is 0 Å². The minimum atomic E-state index is -0.324. The Balaban J connectivity index is 2.15. The van der Waals surface area contributed by atoms with E-state index in [1.807, 2.05) is 4.90 Å². The van der Waals surface area contributed by atoms with Crippen LogP contribution >= 0.6 is 0 Å². The summed E-state index contributed by atoms with van der Waals surface area (Å²) >= 11 is 0. The number of rotatable bonds is 3. The van der Waals surface area contributed by atoms with E-state index in [-0.39, 0.29) is 17.9 Å². The fourth-order valence-corrected chi connectivity index (χ4v) is 3.76. The van der Waals surface area contributed by atoms with Gasteiger partial charge in [-0.2, -0.15) is 0 Å². The van der Waals surface area contributed by atoms with Gasteiger partial charge in [0, 0.05) is 19.0 Å². The third-order valence-corrected chi connectivity index (χ3v) is 4.92. The molecule has 3 atom stereocenters. The highest BCUT2D eigenvalue weighted by atomic mass is 16.2. The highest BCUT2D eigenvalue weighted by Gasteiger charge is 2.36. The summed E-state index contributed by atoms with van der Waals surface area (Å²) in [5.74, 6) is 1.13. The molecule has 0 spiro atoms. The molecule has 2 fully saturated rings. The molecule has 0 aromatic carbocycles. The van der Waals surface area contributed by atoms with Crippen LogP contribution in [0, 0.1) is 11.8 Å². The molecule has 1 saturated carbocycles. The van der Waals surface area contributed by atoms with Gasteiger partial charge in [0.05, 0.1) is 0 Å². The molecule has 0 radical (unpaired) electrons. The molecule has 120 valence electrons. The Labute approximate surface area is 128 Å². The van der Waals surface area contributed by atoms with E-state index in [4.69, 9.17) is 0 Å². The van der Waals surface area contributed by atoms with Gasteiger partial charge in [0.25, 0.3) is 0 Å². The van der Waals surface area contributed by atoms with Crippen molar-refractivity contribution < 1.29 is 9.59 Å². The van der Waals surface area contributed by atoms with Crippen LogP contribution in [0.2, 0.25) is 0 Å². The Morgan fingerprint density at radius 2 is 1.90 bits per heavy atom. The molecule has 21 heavy (non-hydrogen) atoms. The average Bonchev–Trinajstić information content (AvgIpc) is 2.69. The van der Waals surface area contributed by atoms with E-state index < -0.39 is 0 Å². The van der Waals surface area contributed by atoms with Gasteiger partial charge in [-0.25, -0.2) is 0 Å². The first-order valence-corrected chi connectivity index (χ1v) is 8.59. The van der Waals surface area contributed by atoms with Crippen LogP contribution in [-0.4, -0.2) is 35.3 Å². The summed E-state index contributed by atoms with van der Waals surface area (Å²) in [6, 6.07) is -0.00202. The monoisotopic (exact) mass is 294 g/mol. The van der Waals surface area contributed by atoms with Crippen molar-refractivity contribution in [3.05, 3.63) is 0 Å². The van der Waals surface area contributed by atoms with Crippen molar-refractivity contribution in [3.63, 3.8) is 0 Å². The largest absolute Gasteiger partial charge is 0.344 e. The van der Waals surface area contributed by atoms with Crippen molar-refractivity contribution in [1.29, 1.82) is 0 Å². The summed E-state index contributed by atoms with van der Waals surface area (Å²) in [6.45, 7) is 7.06. The Morgan fingerprint density at radius 1 is 1.19 bits per heavy atom. The maximum Gasteiger partial charge on any atom is 0.245 e. The summed E-state index contributed by atoms with van der Waals surface area (Å²) in [5, 5.41) is 2.93. The van der Waals surface area contributed by atoms with Crippen molar-refractivity contribution in [1.82, 2.24) is 10.2 Å². The Bertz CT molecular complexity index is 381. The zero-order chi connectivity index (χ0) is 15.4. The van der Waals surface area contributed by atoms with E-state index >= 15 is 0 Å². The van der Waals surface area contributed by atoms with Gasteiger partial charge < -0.3 is 10.2 Å². The normalized spacial score (nSPS) is 31.8. The number of nitrogens with one attached hydrogen (secondary N) is 1. The molecule has 2 amide bonds. The van der Waals surface area contributed by atoms with Gasteiger partial charge in [-0.05, 0) is 31.1 Å². The van der Waals surface area contributed by atoms with E-state index in [1.165, 1.54) is 25.7 Å². The molecule has 1 saturated heterocycles. The zero-order valence-electron chi connectivity index (χ0n) is 13.7. The van der Waals surface area contributed by atoms with Gasteiger partial charge >= 0.3 is 0 Å². The summed E-state index contributed by atoms with van der Waals surface area (Å²) in [6.07, 6.45) is 7.22. The van der Waals surface area contributed by atoms with Crippen LogP contribution in [-0.2, 0) is 9.59 Å². The Morgan fingerprint density at radius 3 is 2.62 bits per heavy atom. The molecule has 2 aliphatic rings. The number of hydrogen-bond donors (Lipinski definition) is 1. The summed E-state index contributed by atoms with van der Waals surface area (Å²) in [4.78, 5) is 26.8. The maximum absolute atomic E-state index is 12.9. The molecule has 0 aromatic rings. The first kappa shape index (κ1) is 16.3. The second kappa shape index (κ2) is 7.28. The average molecular weight is 294 g/mol. The Hall–Kier alpha value is -1.06. The lowest BCUT2D eigenvalue weighted by Gasteiger charge is -2.35. The van der Waals surface area contributed by atoms with Crippen LogP contribution in [0.1, 0.15) is 65.7 Å². The predicted molar refractivity (Wildman–Crippen MR) is 83.8 cm³/mol. The van der Waals surface area contributed by atoms with Crippen LogP contribution in [0.5, 0.6) is 0 Å². The van der Waals surface area contributed by atoms with Crippen LogP contribution in [0.4, 0.5) is 0 Å². The molecule has 2 rings (SSSR count). The summed E-state index contributed by atoms with van der Waals surface area (Å²) < 4.78 is 0. The molecule has 4 nitrogen and oxygen atoms in total. The fraction of sp³-hybridized carbons (Fsp3) is 0.882. The molecule has 0 aromatic heterocycles. The smallest absolute Gasteiger partial charge is 0.245 e. The van der Waals surface area contributed by atoms with Gasteiger partial charge in [0.15, 0.2) is 0 Å². The first-order chi connectivity index (χ1) is 9.99. The fourth-order valence-electron chi connectivity index (χ4n) is 3.76. The topological polar surface area (TPSA) is 49.4 Å². The molecular formula is C17H30N2O2. The molecule has 0 bridgehead atoms. The quantitative estimate of drug-likeness (QED) is 0.814. The van der Waals surface area contributed by atoms with E-state index in [0.717, 1.165) is 12.8 Å². The lowest BCUT2D eigenvalue weighted by molar-refractivity contribution is -0.137. The van der Waals surface area contributed by atoms with Crippen LogP contribution < -0.4 is 5.32 Å². The van der Waals surface area contributed by atoms with Gasteiger partial charge in [0.2, 0.25) is 11.8 Å². The SMILES string of the molecule is CC(C)CC1NC(=O)CCN(C2CCCCCC2C)C1=O. The van der Waals surface area contributed by atoms with Crippen molar-refractivity contribution in [3.8, 4) is 0 Å². The van der Waals surface area contributed by atoms with E-state index in [0.29, 0.717) is 30.8 Å². The van der Waals surface area contributed by atoms with Crippen LogP contribution in [0.3, 0.4) is 0 Å².